The second-order valence-corrected chi connectivity index (χ2v) is 6.24. The lowest BCUT2D eigenvalue weighted by Crippen LogP contribution is -2.11. The Morgan fingerprint density at radius 3 is 2.55 bits per heavy atom. The minimum Gasteiger partial charge on any atom is -0.384 e. The van der Waals surface area contributed by atoms with Gasteiger partial charge in [-0.1, -0.05) is 44.2 Å². The maximum Gasteiger partial charge on any atom is 0.127 e. The number of aromatic nitrogens is 2. The van der Waals surface area contributed by atoms with Crippen LogP contribution in [0.15, 0.2) is 30.3 Å². The summed E-state index contributed by atoms with van der Waals surface area (Å²) in [4.78, 5) is 4.86. The Morgan fingerprint density at radius 2 is 1.95 bits per heavy atom. The summed E-state index contributed by atoms with van der Waals surface area (Å²) in [5.74, 6) is 3.31. The summed E-state index contributed by atoms with van der Waals surface area (Å²) >= 11 is 0. The Balaban J connectivity index is 1.91. The second-order valence-electron chi connectivity index (χ2n) is 6.24. The van der Waals surface area contributed by atoms with Gasteiger partial charge in [0.25, 0.3) is 0 Å². The molecule has 106 valence electrons. The Hall–Kier alpha value is -1.77. The van der Waals surface area contributed by atoms with E-state index in [1.165, 1.54) is 24.2 Å². The predicted octanol–water partition coefficient (Wildman–Crippen LogP) is 3.59. The molecule has 0 radical (unpaired) electrons. The SMILES string of the molecule is CC(C)Cn1c(C2CC2)nc(Cc2ccccc2)c1N. The van der Waals surface area contributed by atoms with Crippen LogP contribution in [0.3, 0.4) is 0 Å². The molecule has 1 aliphatic rings. The van der Waals surface area contributed by atoms with E-state index in [4.69, 9.17) is 10.7 Å². The molecule has 20 heavy (non-hydrogen) atoms. The first-order valence-electron chi connectivity index (χ1n) is 7.54. The van der Waals surface area contributed by atoms with Crippen molar-refractivity contribution in [1.29, 1.82) is 0 Å². The van der Waals surface area contributed by atoms with Crippen molar-refractivity contribution in [2.75, 3.05) is 5.73 Å². The van der Waals surface area contributed by atoms with Crippen LogP contribution in [-0.2, 0) is 13.0 Å². The topological polar surface area (TPSA) is 43.8 Å². The normalized spacial score (nSPS) is 14.9. The number of hydrogen-bond acceptors (Lipinski definition) is 2. The molecule has 0 aliphatic heterocycles. The Kier molecular flexibility index (Phi) is 3.51. The van der Waals surface area contributed by atoms with Crippen molar-refractivity contribution >= 4 is 5.82 Å². The first-order valence-corrected chi connectivity index (χ1v) is 7.54. The summed E-state index contributed by atoms with van der Waals surface area (Å²) in [7, 11) is 0. The summed E-state index contributed by atoms with van der Waals surface area (Å²) in [6, 6.07) is 10.5. The lowest BCUT2D eigenvalue weighted by Gasteiger charge is -2.11. The molecule has 0 saturated heterocycles. The fourth-order valence-corrected chi connectivity index (χ4v) is 2.66. The third kappa shape index (κ3) is 2.72. The fraction of sp³-hybridized carbons (Fsp3) is 0.471. The maximum absolute atomic E-state index is 6.37. The van der Waals surface area contributed by atoms with Crippen molar-refractivity contribution in [1.82, 2.24) is 9.55 Å². The summed E-state index contributed by atoms with van der Waals surface area (Å²) < 4.78 is 2.25. The van der Waals surface area contributed by atoms with Crippen LogP contribution in [0.4, 0.5) is 5.82 Å². The average molecular weight is 269 g/mol. The quantitative estimate of drug-likeness (QED) is 0.901. The van der Waals surface area contributed by atoms with Crippen LogP contribution >= 0.6 is 0 Å². The zero-order valence-electron chi connectivity index (χ0n) is 12.3. The van der Waals surface area contributed by atoms with E-state index >= 15 is 0 Å². The molecule has 1 saturated carbocycles. The largest absolute Gasteiger partial charge is 0.384 e. The lowest BCUT2D eigenvalue weighted by molar-refractivity contribution is 0.512. The molecule has 0 amide bonds. The maximum atomic E-state index is 6.37. The van der Waals surface area contributed by atoms with E-state index < -0.39 is 0 Å². The molecule has 1 aromatic heterocycles. The molecule has 2 aromatic rings. The highest BCUT2D eigenvalue weighted by Gasteiger charge is 2.30. The summed E-state index contributed by atoms with van der Waals surface area (Å²) in [5, 5.41) is 0. The van der Waals surface area contributed by atoms with E-state index in [2.05, 4.69) is 42.7 Å². The van der Waals surface area contributed by atoms with Gasteiger partial charge >= 0.3 is 0 Å². The zero-order valence-corrected chi connectivity index (χ0v) is 12.3. The van der Waals surface area contributed by atoms with Gasteiger partial charge in [-0.2, -0.15) is 0 Å². The Bertz CT molecular complexity index is 580. The monoisotopic (exact) mass is 269 g/mol. The number of nitrogens with two attached hydrogens (primary N) is 1. The first kappa shape index (κ1) is 13.2. The van der Waals surface area contributed by atoms with Gasteiger partial charge in [0.2, 0.25) is 0 Å². The van der Waals surface area contributed by atoms with Crippen molar-refractivity contribution in [2.45, 2.75) is 45.6 Å². The molecular weight excluding hydrogens is 246 g/mol. The summed E-state index contributed by atoms with van der Waals surface area (Å²) in [6.45, 7) is 5.43. The number of nitrogen functional groups attached to an aromatic ring is 1. The van der Waals surface area contributed by atoms with Crippen LogP contribution in [0.25, 0.3) is 0 Å². The average Bonchev–Trinajstić information content (AvgIpc) is 3.22. The molecule has 1 aliphatic carbocycles. The van der Waals surface area contributed by atoms with Crippen LogP contribution < -0.4 is 5.73 Å². The first-order chi connectivity index (χ1) is 9.65. The number of anilines is 1. The lowest BCUT2D eigenvalue weighted by atomic mass is 10.1. The summed E-state index contributed by atoms with van der Waals surface area (Å²) in [6.07, 6.45) is 3.36. The molecule has 0 spiro atoms. The molecule has 3 heteroatoms. The van der Waals surface area contributed by atoms with Gasteiger partial charge < -0.3 is 10.3 Å². The van der Waals surface area contributed by atoms with E-state index in [0.717, 1.165) is 24.5 Å². The van der Waals surface area contributed by atoms with Gasteiger partial charge in [-0.25, -0.2) is 4.98 Å². The minimum atomic E-state index is 0.591. The molecule has 2 N–H and O–H groups in total. The highest BCUT2D eigenvalue weighted by Crippen LogP contribution is 2.41. The van der Waals surface area contributed by atoms with Gasteiger partial charge in [0.05, 0.1) is 5.69 Å². The van der Waals surface area contributed by atoms with Gasteiger partial charge in [-0.3, -0.25) is 0 Å². The minimum absolute atomic E-state index is 0.591. The molecule has 0 atom stereocenters. The van der Waals surface area contributed by atoms with Gasteiger partial charge in [0.15, 0.2) is 0 Å². The third-order valence-electron chi connectivity index (χ3n) is 3.82. The van der Waals surface area contributed by atoms with Gasteiger partial charge in [0.1, 0.15) is 11.6 Å². The number of nitrogens with zero attached hydrogens (tertiary/aromatic N) is 2. The molecule has 1 heterocycles. The van der Waals surface area contributed by atoms with Crippen LogP contribution in [0.5, 0.6) is 0 Å². The Labute approximate surface area is 120 Å². The van der Waals surface area contributed by atoms with E-state index in [1.807, 2.05) is 6.07 Å². The van der Waals surface area contributed by atoms with Crippen molar-refractivity contribution < 1.29 is 0 Å². The highest BCUT2D eigenvalue weighted by molar-refractivity contribution is 5.42. The van der Waals surface area contributed by atoms with Gasteiger partial charge in [0, 0.05) is 18.9 Å². The number of benzene rings is 1. The number of imidazole rings is 1. The van der Waals surface area contributed by atoms with Crippen molar-refractivity contribution in [3.63, 3.8) is 0 Å². The highest BCUT2D eigenvalue weighted by atomic mass is 15.2. The number of hydrogen-bond donors (Lipinski definition) is 1. The molecule has 3 nitrogen and oxygen atoms in total. The van der Waals surface area contributed by atoms with Crippen LogP contribution in [0.2, 0.25) is 0 Å². The Morgan fingerprint density at radius 1 is 1.25 bits per heavy atom. The zero-order chi connectivity index (χ0) is 14.1. The molecule has 1 aromatic carbocycles. The molecule has 1 fully saturated rings. The van der Waals surface area contributed by atoms with E-state index in [-0.39, 0.29) is 0 Å². The molecule has 0 unspecified atom stereocenters. The van der Waals surface area contributed by atoms with E-state index in [9.17, 15) is 0 Å². The molecule has 0 bridgehead atoms. The van der Waals surface area contributed by atoms with Crippen molar-refractivity contribution in [3.05, 3.63) is 47.4 Å². The van der Waals surface area contributed by atoms with Crippen molar-refractivity contribution in [2.24, 2.45) is 5.92 Å². The smallest absolute Gasteiger partial charge is 0.127 e. The van der Waals surface area contributed by atoms with Gasteiger partial charge in [-0.05, 0) is 24.3 Å². The van der Waals surface area contributed by atoms with Crippen LogP contribution in [-0.4, -0.2) is 9.55 Å². The van der Waals surface area contributed by atoms with E-state index in [0.29, 0.717) is 11.8 Å². The van der Waals surface area contributed by atoms with Crippen LogP contribution in [0.1, 0.15) is 49.7 Å². The summed E-state index contributed by atoms with van der Waals surface area (Å²) in [5.41, 5.74) is 8.68. The van der Waals surface area contributed by atoms with Gasteiger partial charge in [-0.15, -0.1) is 0 Å². The second kappa shape index (κ2) is 5.31. The third-order valence-corrected chi connectivity index (χ3v) is 3.82. The molecular formula is C17H23N3. The molecule has 3 rings (SSSR count). The predicted molar refractivity (Wildman–Crippen MR) is 82.7 cm³/mol. The number of rotatable bonds is 5. The van der Waals surface area contributed by atoms with E-state index in [1.54, 1.807) is 0 Å². The standard InChI is InChI=1S/C17H23N3/c1-12(2)11-20-16(18)15(19-17(20)14-8-9-14)10-13-6-4-3-5-7-13/h3-7,12,14H,8-11,18H2,1-2H3. The van der Waals surface area contributed by atoms with Crippen molar-refractivity contribution in [3.8, 4) is 0 Å². The fourth-order valence-electron chi connectivity index (χ4n) is 2.66. The van der Waals surface area contributed by atoms with Crippen LogP contribution in [0, 0.1) is 5.92 Å².